The SMILES string of the molecule is Cc1cc(C)c2c(n1)N=CC(Br)C2=O. The van der Waals surface area contributed by atoms with Gasteiger partial charge in [-0.05, 0) is 25.5 Å². The van der Waals surface area contributed by atoms with Gasteiger partial charge < -0.3 is 0 Å². The van der Waals surface area contributed by atoms with Crippen LogP contribution in [0.3, 0.4) is 0 Å². The van der Waals surface area contributed by atoms with Crippen molar-refractivity contribution in [1.82, 2.24) is 4.98 Å². The van der Waals surface area contributed by atoms with Crippen molar-refractivity contribution in [2.75, 3.05) is 0 Å². The average molecular weight is 253 g/mol. The van der Waals surface area contributed by atoms with Gasteiger partial charge in [-0.25, -0.2) is 9.98 Å². The van der Waals surface area contributed by atoms with Gasteiger partial charge >= 0.3 is 0 Å². The van der Waals surface area contributed by atoms with E-state index in [1.807, 2.05) is 19.9 Å². The molecule has 4 heteroatoms. The van der Waals surface area contributed by atoms with E-state index >= 15 is 0 Å². The molecule has 1 aromatic heterocycles. The number of carbonyl (C=O) groups excluding carboxylic acids is 1. The number of ketones is 1. The minimum Gasteiger partial charge on any atom is -0.292 e. The standard InChI is InChI=1S/C10H9BrN2O/c1-5-3-6(2)13-10-8(5)9(14)7(11)4-12-10/h3-4,7H,1-2H3. The average Bonchev–Trinajstić information content (AvgIpc) is 2.10. The number of hydrogen-bond donors (Lipinski definition) is 0. The van der Waals surface area contributed by atoms with Gasteiger partial charge in [-0.1, -0.05) is 15.9 Å². The lowest BCUT2D eigenvalue weighted by molar-refractivity contribution is 0.101. The van der Waals surface area contributed by atoms with E-state index in [9.17, 15) is 4.79 Å². The van der Waals surface area contributed by atoms with Gasteiger partial charge in [0.2, 0.25) is 0 Å². The topological polar surface area (TPSA) is 42.3 Å². The van der Waals surface area contributed by atoms with Crippen LogP contribution in [0, 0.1) is 13.8 Å². The van der Waals surface area contributed by atoms with Gasteiger partial charge in [0.1, 0.15) is 4.83 Å². The number of nitrogens with zero attached hydrogens (tertiary/aromatic N) is 2. The molecule has 1 unspecified atom stereocenters. The fourth-order valence-corrected chi connectivity index (χ4v) is 1.90. The van der Waals surface area contributed by atoms with Gasteiger partial charge in [0.15, 0.2) is 11.6 Å². The number of fused-ring (bicyclic) bond motifs is 1. The summed E-state index contributed by atoms with van der Waals surface area (Å²) in [6, 6.07) is 1.90. The van der Waals surface area contributed by atoms with Crippen molar-refractivity contribution in [2.24, 2.45) is 4.99 Å². The molecule has 0 fully saturated rings. The first-order chi connectivity index (χ1) is 6.59. The van der Waals surface area contributed by atoms with Gasteiger partial charge in [-0.2, -0.15) is 0 Å². The number of aliphatic imine (C=N–C) groups is 1. The first-order valence-corrected chi connectivity index (χ1v) is 5.22. The summed E-state index contributed by atoms with van der Waals surface area (Å²) in [7, 11) is 0. The predicted molar refractivity (Wildman–Crippen MR) is 58.9 cm³/mol. The van der Waals surface area contributed by atoms with Crippen molar-refractivity contribution in [3.8, 4) is 0 Å². The normalized spacial score (nSPS) is 19.6. The fraction of sp³-hybridized carbons (Fsp3) is 0.300. The first-order valence-electron chi connectivity index (χ1n) is 4.30. The van der Waals surface area contributed by atoms with E-state index in [0.29, 0.717) is 11.4 Å². The summed E-state index contributed by atoms with van der Waals surface area (Å²) in [5, 5.41) is 0. The lowest BCUT2D eigenvalue weighted by Gasteiger charge is -2.14. The molecular weight excluding hydrogens is 244 g/mol. The van der Waals surface area contributed by atoms with E-state index in [1.165, 1.54) is 0 Å². The highest BCUT2D eigenvalue weighted by Gasteiger charge is 2.25. The zero-order chi connectivity index (χ0) is 10.3. The lowest BCUT2D eigenvalue weighted by atomic mass is 10.0. The number of aromatic nitrogens is 1. The number of rotatable bonds is 0. The molecule has 1 atom stereocenters. The summed E-state index contributed by atoms with van der Waals surface area (Å²) in [5.41, 5.74) is 2.47. The number of Topliss-reactive ketones (excluding diaryl/α,β-unsaturated/α-hetero) is 1. The van der Waals surface area contributed by atoms with Crippen molar-refractivity contribution in [1.29, 1.82) is 0 Å². The number of pyridine rings is 1. The molecule has 0 N–H and O–H groups in total. The maximum absolute atomic E-state index is 11.8. The van der Waals surface area contributed by atoms with E-state index in [1.54, 1.807) is 6.21 Å². The van der Waals surface area contributed by atoms with Crippen molar-refractivity contribution in [2.45, 2.75) is 18.7 Å². The zero-order valence-electron chi connectivity index (χ0n) is 7.91. The number of alkyl halides is 1. The van der Waals surface area contributed by atoms with Crippen LogP contribution in [-0.4, -0.2) is 21.8 Å². The molecule has 2 heterocycles. The minimum absolute atomic E-state index is 0.0417. The summed E-state index contributed by atoms with van der Waals surface area (Å²) in [6.07, 6.45) is 1.58. The number of halogens is 1. The van der Waals surface area contributed by atoms with Crippen LogP contribution in [-0.2, 0) is 0 Å². The summed E-state index contributed by atoms with van der Waals surface area (Å²) >= 11 is 3.25. The monoisotopic (exact) mass is 252 g/mol. The highest BCUT2D eigenvalue weighted by Crippen LogP contribution is 2.27. The molecule has 1 aromatic rings. The first kappa shape index (κ1) is 9.52. The quantitative estimate of drug-likeness (QED) is 0.666. The minimum atomic E-state index is -0.307. The van der Waals surface area contributed by atoms with Crippen LogP contribution >= 0.6 is 15.9 Å². The molecule has 0 amide bonds. The van der Waals surface area contributed by atoms with Crippen molar-refractivity contribution >= 4 is 33.7 Å². The summed E-state index contributed by atoms with van der Waals surface area (Å²) in [5.74, 6) is 0.586. The second-order valence-electron chi connectivity index (χ2n) is 3.32. The third-order valence-corrected chi connectivity index (χ3v) is 2.80. The summed E-state index contributed by atoms with van der Waals surface area (Å²) in [6.45, 7) is 3.81. The maximum Gasteiger partial charge on any atom is 0.185 e. The molecule has 0 aliphatic carbocycles. The Bertz CT molecular complexity index is 440. The Kier molecular flexibility index (Phi) is 2.23. The second kappa shape index (κ2) is 3.28. The molecule has 1 aliphatic heterocycles. The molecule has 0 saturated carbocycles. The summed E-state index contributed by atoms with van der Waals surface area (Å²) < 4.78 is 0. The number of hydrogen-bond acceptors (Lipinski definition) is 3. The number of carbonyl (C=O) groups is 1. The fourth-order valence-electron chi connectivity index (χ4n) is 1.56. The molecule has 72 valence electrons. The molecule has 0 radical (unpaired) electrons. The molecule has 0 bridgehead atoms. The third kappa shape index (κ3) is 1.39. The van der Waals surface area contributed by atoms with E-state index in [-0.39, 0.29) is 10.6 Å². The van der Waals surface area contributed by atoms with Gasteiger partial charge in [0, 0.05) is 11.9 Å². The van der Waals surface area contributed by atoms with Crippen LogP contribution in [0.25, 0.3) is 0 Å². The second-order valence-corrected chi connectivity index (χ2v) is 4.31. The largest absolute Gasteiger partial charge is 0.292 e. The van der Waals surface area contributed by atoms with Gasteiger partial charge in [-0.15, -0.1) is 0 Å². The van der Waals surface area contributed by atoms with Crippen LogP contribution in [0.5, 0.6) is 0 Å². The molecule has 0 saturated heterocycles. The van der Waals surface area contributed by atoms with Crippen LogP contribution in [0.15, 0.2) is 11.1 Å². The Hall–Kier alpha value is -1.03. The third-order valence-electron chi connectivity index (χ3n) is 2.15. The highest BCUT2D eigenvalue weighted by molar-refractivity contribution is 9.10. The van der Waals surface area contributed by atoms with E-state index < -0.39 is 0 Å². The molecule has 1 aliphatic rings. The van der Waals surface area contributed by atoms with Crippen LogP contribution in [0.4, 0.5) is 5.82 Å². The summed E-state index contributed by atoms with van der Waals surface area (Å²) in [4.78, 5) is 19.8. The van der Waals surface area contributed by atoms with Crippen LogP contribution in [0.2, 0.25) is 0 Å². The lowest BCUT2D eigenvalue weighted by Crippen LogP contribution is -2.21. The molecule has 0 aromatic carbocycles. The molecule has 14 heavy (non-hydrogen) atoms. The maximum atomic E-state index is 11.8. The predicted octanol–water partition coefficient (Wildman–Crippen LogP) is 2.36. The van der Waals surface area contributed by atoms with Crippen LogP contribution < -0.4 is 0 Å². The van der Waals surface area contributed by atoms with Crippen molar-refractivity contribution in [3.05, 3.63) is 22.9 Å². The van der Waals surface area contributed by atoms with Gasteiger partial charge in [0.05, 0.1) is 5.56 Å². The zero-order valence-corrected chi connectivity index (χ0v) is 9.50. The van der Waals surface area contributed by atoms with Gasteiger partial charge in [0.25, 0.3) is 0 Å². The van der Waals surface area contributed by atoms with E-state index in [4.69, 9.17) is 0 Å². The van der Waals surface area contributed by atoms with E-state index in [2.05, 4.69) is 25.9 Å². The molecule has 2 rings (SSSR count). The molecule has 0 spiro atoms. The Balaban J connectivity index is 2.69. The van der Waals surface area contributed by atoms with Gasteiger partial charge in [-0.3, -0.25) is 4.79 Å². The Labute approximate surface area is 90.4 Å². The smallest absolute Gasteiger partial charge is 0.185 e. The van der Waals surface area contributed by atoms with Crippen molar-refractivity contribution in [3.63, 3.8) is 0 Å². The molecule has 3 nitrogen and oxygen atoms in total. The van der Waals surface area contributed by atoms with Crippen molar-refractivity contribution < 1.29 is 4.79 Å². The Morgan fingerprint density at radius 3 is 2.86 bits per heavy atom. The highest BCUT2D eigenvalue weighted by atomic mass is 79.9. The Morgan fingerprint density at radius 1 is 1.43 bits per heavy atom. The van der Waals surface area contributed by atoms with Crippen LogP contribution in [0.1, 0.15) is 21.6 Å². The molecular formula is C10H9BrN2O. The van der Waals surface area contributed by atoms with E-state index in [0.717, 1.165) is 11.3 Å². The number of aryl methyl sites for hydroxylation is 2. The Morgan fingerprint density at radius 2 is 2.14 bits per heavy atom.